The van der Waals surface area contributed by atoms with Crippen LogP contribution in [0.4, 0.5) is 5.69 Å². The number of carbonyl (C=O) groups excluding carboxylic acids is 2. The molecule has 5 nitrogen and oxygen atoms in total. The maximum Gasteiger partial charge on any atom is 0.316 e. The normalized spacial score (nSPS) is 19.9. The van der Waals surface area contributed by atoms with Crippen LogP contribution in [0.15, 0.2) is 42.5 Å². The van der Waals surface area contributed by atoms with Gasteiger partial charge in [0.25, 0.3) is 0 Å². The van der Waals surface area contributed by atoms with Crippen LogP contribution in [-0.4, -0.2) is 36.5 Å². The molecule has 0 aromatic heterocycles. The molecule has 0 bridgehead atoms. The minimum Gasteiger partial charge on any atom is -0.465 e. The summed E-state index contributed by atoms with van der Waals surface area (Å²) in [6, 6.07) is 13.1. The molecule has 1 atom stereocenters. The van der Waals surface area contributed by atoms with Crippen molar-refractivity contribution in [2.75, 3.05) is 25.0 Å². The number of rotatable bonds is 7. The van der Waals surface area contributed by atoms with E-state index in [0.29, 0.717) is 29.7 Å². The first-order valence-electron chi connectivity index (χ1n) is 11.2. The van der Waals surface area contributed by atoms with Gasteiger partial charge in [-0.15, -0.1) is 0 Å². The summed E-state index contributed by atoms with van der Waals surface area (Å²) in [5.41, 5.74) is 2.22. The molecule has 32 heavy (non-hydrogen) atoms. The molecule has 1 saturated carbocycles. The van der Waals surface area contributed by atoms with E-state index in [4.69, 9.17) is 27.9 Å². The van der Waals surface area contributed by atoms with E-state index in [9.17, 15) is 9.59 Å². The fraction of sp³-hybridized carbons (Fsp3) is 0.440. The number of ether oxygens (including phenoxy) is 1. The molecule has 1 N–H and O–H groups in total. The van der Waals surface area contributed by atoms with Crippen LogP contribution in [0.3, 0.4) is 0 Å². The van der Waals surface area contributed by atoms with Crippen molar-refractivity contribution in [3.63, 3.8) is 0 Å². The first kappa shape index (κ1) is 23.1. The van der Waals surface area contributed by atoms with Crippen LogP contribution >= 0.6 is 23.2 Å². The molecule has 7 heteroatoms. The van der Waals surface area contributed by atoms with Gasteiger partial charge < -0.3 is 10.1 Å². The highest BCUT2D eigenvalue weighted by Crippen LogP contribution is 2.49. The van der Waals surface area contributed by atoms with E-state index in [1.54, 1.807) is 6.07 Å². The number of nitrogens with zero attached hydrogens (tertiary/aromatic N) is 1. The Hall–Kier alpha value is -2.08. The Morgan fingerprint density at radius 3 is 2.56 bits per heavy atom. The number of piperidine rings is 1. The van der Waals surface area contributed by atoms with Crippen molar-refractivity contribution in [3.05, 3.63) is 63.6 Å². The van der Waals surface area contributed by atoms with E-state index in [1.165, 1.54) is 0 Å². The zero-order valence-electron chi connectivity index (χ0n) is 18.2. The van der Waals surface area contributed by atoms with Gasteiger partial charge in [-0.05, 0) is 74.5 Å². The Morgan fingerprint density at radius 2 is 1.91 bits per heavy atom. The maximum absolute atomic E-state index is 12.9. The first-order valence-corrected chi connectivity index (χ1v) is 11.9. The van der Waals surface area contributed by atoms with Crippen LogP contribution in [0.2, 0.25) is 10.0 Å². The van der Waals surface area contributed by atoms with Crippen LogP contribution in [-0.2, 0) is 26.3 Å². The number of hydrogen-bond acceptors (Lipinski definition) is 4. The second-order valence-corrected chi connectivity index (χ2v) is 9.52. The quantitative estimate of drug-likeness (QED) is 0.542. The van der Waals surface area contributed by atoms with Gasteiger partial charge in [0.1, 0.15) is 0 Å². The zero-order chi connectivity index (χ0) is 22.7. The molecule has 0 spiro atoms. The molecule has 2 fully saturated rings. The Labute approximate surface area is 199 Å². The zero-order valence-corrected chi connectivity index (χ0v) is 19.7. The maximum atomic E-state index is 12.9. The Kier molecular flexibility index (Phi) is 7.08. The summed E-state index contributed by atoms with van der Waals surface area (Å²) in [5.74, 6) is -0.208. The lowest BCUT2D eigenvalue weighted by Crippen LogP contribution is -2.40. The number of benzene rings is 2. The summed E-state index contributed by atoms with van der Waals surface area (Å²) < 4.78 is 5.24. The highest BCUT2D eigenvalue weighted by atomic mass is 35.5. The fourth-order valence-electron chi connectivity index (χ4n) is 4.43. The lowest BCUT2D eigenvalue weighted by atomic mass is 9.95. The molecule has 2 aromatic rings. The molecule has 0 radical (unpaired) electrons. The molecule has 4 rings (SSSR count). The van der Waals surface area contributed by atoms with Gasteiger partial charge in [-0.25, -0.2) is 0 Å². The minimum absolute atomic E-state index is 0.0242. The van der Waals surface area contributed by atoms with E-state index >= 15 is 0 Å². The molecule has 170 valence electrons. The second-order valence-electron chi connectivity index (χ2n) is 8.68. The molecule has 1 aliphatic heterocycles. The predicted molar refractivity (Wildman–Crippen MR) is 127 cm³/mol. The Balaban J connectivity index is 1.35. The molecule has 1 saturated heterocycles. The number of hydrogen-bond donors (Lipinski definition) is 1. The molecule has 1 aliphatic carbocycles. The van der Waals surface area contributed by atoms with Crippen molar-refractivity contribution in [3.8, 4) is 0 Å². The number of carbonyl (C=O) groups is 2. The van der Waals surface area contributed by atoms with E-state index in [-0.39, 0.29) is 17.8 Å². The van der Waals surface area contributed by atoms with Gasteiger partial charge in [-0.2, -0.15) is 0 Å². The number of esters is 1. The molecule has 1 amide bonds. The third kappa shape index (κ3) is 5.11. The fourth-order valence-corrected chi connectivity index (χ4v) is 4.89. The van der Waals surface area contributed by atoms with Gasteiger partial charge in [0.15, 0.2) is 0 Å². The van der Waals surface area contributed by atoms with Crippen LogP contribution in [0.1, 0.15) is 43.7 Å². The molecule has 1 heterocycles. The molecule has 1 unspecified atom stereocenters. The van der Waals surface area contributed by atoms with E-state index in [2.05, 4.69) is 10.2 Å². The number of nitrogens with one attached hydrogen (secondary N) is 1. The number of anilines is 1. The average molecular weight is 475 g/mol. The summed E-state index contributed by atoms with van der Waals surface area (Å²) in [5, 5.41) is 4.32. The van der Waals surface area contributed by atoms with Gasteiger partial charge in [-0.1, -0.05) is 41.4 Å². The van der Waals surface area contributed by atoms with Crippen molar-refractivity contribution >= 4 is 40.8 Å². The van der Waals surface area contributed by atoms with Crippen molar-refractivity contribution in [2.45, 2.75) is 44.6 Å². The monoisotopic (exact) mass is 474 g/mol. The first-order chi connectivity index (χ1) is 15.4. The third-order valence-electron chi connectivity index (χ3n) is 6.41. The van der Waals surface area contributed by atoms with Gasteiger partial charge >= 0.3 is 5.97 Å². The van der Waals surface area contributed by atoms with E-state index in [1.807, 2.05) is 43.3 Å². The molecular weight excluding hydrogens is 447 g/mol. The highest BCUT2D eigenvalue weighted by Gasteiger charge is 2.52. The van der Waals surface area contributed by atoms with Crippen molar-refractivity contribution in [1.29, 1.82) is 0 Å². The van der Waals surface area contributed by atoms with Gasteiger partial charge in [0, 0.05) is 28.8 Å². The summed E-state index contributed by atoms with van der Waals surface area (Å²) in [6.07, 6.45) is 3.45. The van der Waals surface area contributed by atoms with Gasteiger partial charge in [0.2, 0.25) is 5.91 Å². The Morgan fingerprint density at radius 1 is 1.16 bits per heavy atom. The Bertz CT molecular complexity index is 989. The average Bonchev–Trinajstić information content (AvgIpc) is 3.59. The van der Waals surface area contributed by atoms with Crippen molar-refractivity contribution < 1.29 is 14.3 Å². The second kappa shape index (κ2) is 9.82. The number of halogens is 2. The van der Waals surface area contributed by atoms with Crippen LogP contribution in [0.5, 0.6) is 0 Å². The molecule has 2 aromatic carbocycles. The van der Waals surface area contributed by atoms with Crippen molar-refractivity contribution in [1.82, 2.24) is 4.90 Å². The summed E-state index contributed by atoms with van der Waals surface area (Å²) in [4.78, 5) is 27.5. The number of amides is 1. The van der Waals surface area contributed by atoms with E-state index < -0.39 is 5.41 Å². The number of likely N-dealkylation sites (tertiary alicyclic amines) is 1. The SMILES string of the molecule is CCOC(=O)C1(c2ccc(NC(=O)C3CCCN(Cc4ccc(Cl)cc4Cl)C3)cc2)CC1. The lowest BCUT2D eigenvalue weighted by molar-refractivity contribution is -0.146. The summed E-state index contributed by atoms with van der Waals surface area (Å²) in [7, 11) is 0. The smallest absolute Gasteiger partial charge is 0.316 e. The molecule has 2 aliphatic rings. The lowest BCUT2D eigenvalue weighted by Gasteiger charge is -2.32. The standard InChI is InChI=1S/C25H28Cl2N2O3/c1-2-32-24(31)25(11-12-25)19-6-9-21(10-7-19)28-23(30)18-4-3-13-29(16-18)15-17-5-8-20(26)14-22(17)27/h5-10,14,18H,2-4,11-13,15-16H2,1H3,(H,28,30). The predicted octanol–water partition coefficient (Wildman–Crippen LogP) is 5.44. The van der Waals surface area contributed by atoms with Crippen LogP contribution in [0.25, 0.3) is 0 Å². The van der Waals surface area contributed by atoms with Crippen LogP contribution < -0.4 is 5.32 Å². The summed E-state index contributed by atoms with van der Waals surface area (Å²) >= 11 is 12.3. The van der Waals surface area contributed by atoms with Crippen molar-refractivity contribution in [2.24, 2.45) is 5.92 Å². The topological polar surface area (TPSA) is 58.6 Å². The van der Waals surface area contributed by atoms with Crippen LogP contribution in [0, 0.1) is 5.92 Å². The summed E-state index contributed by atoms with van der Waals surface area (Å²) in [6.45, 7) is 4.53. The van der Waals surface area contributed by atoms with E-state index in [0.717, 1.165) is 49.0 Å². The minimum atomic E-state index is -0.495. The van der Waals surface area contributed by atoms with Gasteiger partial charge in [-0.3, -0.25) is 14.5 Å². The third-order valence-corrected chi connectivity index (χ3v) is 6.99. The highest BCUT2D eigenvalue weighted by molar-refractivity contribution is 6.35. The molecular formula is C25H28Cl2N2O3. The largest absolute Gasteiger partial charge is 0.465 e. The van der Waals surface area contributed by atoms with Gasteiger partial charge in [0.05, 0.1) is 17.9 Å².